The first kappa shape index (κ1) is 16.5. The molecule has 0 amide bonds. The van der Waals surface area contributed by atoms with Crippen LogP contribution in [-0.4, -0.2) is 50.1 Å². The highest BCUT2D eigenvalue weighted by Gasteiger charge is 2.26. The molecule has 1 aliphatic heterocycles. The van der Waals surface area contributed by atoms with E-state index in [0.717, 1.165) is 25.1 Å². The minimum Gasteiger partial charge on any atom is -0.377 e. The third-order valence-electron chi connectivity index (χ3n) is 3.61. The zero-order chi connectivity index (χ0) is 15.5. The molecule has 0 aliphatic carbocycles. The Morgan fingerprint density at radius 3 is 2.90 bits per heavy atom. The van der Waals surface area contributed by atoms with Crippen molar-refractivity contribution < 1.29 is 13.2 Å². The number of ether oxygens (including phenoxy) is 1. The monoisotopic (exact) mass is 315 g/mol. The number of likely N-dealkylation sites (N-methyl/N-ethyl adjacent to an activating group) is 1. The summed E-state index contributed by atoms with van der Waals surface area (Å²) in [6.07, 6.45) is 3.51. The molecule has 1 aromatic heterocycles. The Balaban J connectivity index is 2.00. The molecule has 2 rings (SSSR count). The molecule has 1 unspecified atom stereocenters. The summed E-state index contributed by atoms with van der Waals surface area (Å²) in [6.45, 7) is 5.87. The largest absolute Gasteiger partial charge is 0.377 e. The van der Waals surface area contributed by atoms with Gasteiger partial charge in [-0.25, -0.2) is 8.42 Å². The number of sulfonamides is 1. The lowest BCUT2D eigenvalue weighted by Crippen LogP contribution is -2.33. The number of hydrogen-bond acceptors (Lipinski definition) is 4. The van der Waals surface area contributed by atoms with Crippen LogP contribution in [-0.2, 0) is 21.3 Å². The van der Waals surface area contributed by atoms with E-state index >= 15 is 0 Å². The van der Waals surface area contributed by atoms with Gasteiger partial charge in [0.2, 0.25) is 10.0 Å². The maximum Gasteiger partial charge on any atom is 0.244 e. The smallest absolute Gasteiger partial charge is 0.244 e. The number of aromatic nitrogens is 1. The number of nitrogens with one attached hydrogen (secondary N) is 2. The van der Waals surface area contributed by atoms with E-state index in [1.165, 1.54) is 4.31 Å². The Morgan fingerprint density at radius 2 is 2.29 bits per heavy atom. The standard InChI is InChI=1S/C14H25N3O3S/c1-11(2)15-8-12-7-14(9-16-12)21(18,19)17(3)10-13-5-4-6-20-13/h7,9,11,13,15-16H,4-6,8,10H2,1-3H3. The van der Waals surface area contributed by atoms with E-state index < -0.39 is 10.0 Å². The summed E-state index contributed by atoms with van der Waals surface area (Å²) in [4.78, 5) is 3.33. The topological polar surface area (TPSA) is 74.4 Å². The SMILES string of the molecule is CC(C)NCc1cc(S(=O)(=O)N(C)CC2CCCO2)c[nH]1. The molecule has 6 nitrogen and oxygen atoms in total. The second kappa shape index (κ2) is 6.91. The molecule has 1 aromatic rings. The van der Waals surface area contributed by atoms with E-state index in [4.69, 9.17) is 4.74 Å². The van der Waals surface area contributed by atoms with Gasteiger partial charge >= 0.3 is 0 Å². The second-order valence-electron chi connectivity index (χ2n) is 5.82. The minimum atomic E-state index is -3.45. The van der Waals surface area contributed by atoms with Gasteiger partial charge in [-0.15, -0.1) is 0 Å². The average molecular weight is 315 g/mol. The summed E-state index contributed by atoms with van der Waals surface area (Å²) in [5, 5.41) is 3.25. The van der Waals surface area contributed by atoms with Gasteiger partial charge in [-0.05, 0) is 18.9 Å². The summed E-state index contributed by atoms with van der Waals surface area (Å²) in [5.74, 6) is 0. The zero-order valence-corrected chi connectivity index (χ0v) is 13.7. The van der Waals surface area contributed by atoms with Gasteiger partial charge in [0.15, 0.2) is 0 Å². The first-order chi connectivity index (χ1) is 9.89. The van der Waals surface area contributed by atoms with Crippen LogP contribution in [0.5, 0.6) is 0 Å². The molecular weight excluding hydrogens is 290 g/mol. The van der Waals surface area contributed by atoms with Crippen LogP contribution in [0.3, 0.4) is 0 Å². The Morgan fingerprint density at radius 1 is 1.52 bits per heavy atom. The van der Waals surface area contributed by atoms with E-state index in [1.54, 1.807) is 19.3 Å². The molecule has 0 saturated carbocycles. The van der Waals surface area contributed by atoms with Crippen molar-refractivity contribution in [1.29, 1.82) is 0 Å². The third kappa shape index (κ3) is 4.29. The molecule has 0 bridgehead atoms. The van der Waals surface area contributed by atoms with Gasteiger partial charge in [0.1, 0.15) is 0 Å². The Hall–Kier alpha value is -0.890. The number of hydrogen-bond donors (Lipinski definition) is 2. The molecule has 0 spiro atoms. The number of rotatable bonds is 7. The third-order valence-corrected chi connectivity index (χ3v) is 5.41. The number of aromatic amines is 1. The van der Waals surface area contributed by atoms with E-state index in [0.29, 0.717) is 24.0 Å². The highest BCUT2D eigenvalue weighted by atomic mass is 32.2. The Labute approximate surface area is 126 Å². The second-order valence-corrected chi connectivity index (χ2v) is 7.86. The predicted octanol–water partition coefficient (Wildman–Crippen LogP) is 1.31. The van der Waals surface area contributed by atoms with Gasteiger partial charge < -0.3 is 15.0 Å². The summed E-state index contributed by atoms with van der Waals surface area (Å²) >= 11 is 0. The van der Waals surface area contributed by atoms with E-state index in [2.05, 4.69) is 24.1 Å². The average Bonchev–Trinajstić information content (AvgIpc) is 3.07. The van der Waals surface area contributed by atoms with Crippen molar-refractivity contribution in [3.63, 3.8) is 0 Å². The van der Waals surface area contributed by atoms with Crippen LogP contribution < -0.4 is 5.32 Å². The summed E-state index contributed by atoms with van der Waals surface area (Å²) in [6, 6.07) is 2.05. The summed E-state index contributed by atoms with van der Waals surface area (Å²) in [7, 11) is -1.84. The zero-order valence-electron chi connectivity index (χ0n) is 12.9. The number of H-pyrrole nitrogens is 1. The van der Waals surface area contributed by atoms with Crippen LogP contribution in [0.1, 0.15) is 32.4 Å². The van der Waals surface area contributed by atoms with Gasteiger partial charge in [-0.2, -0.15) is 4.31 Å². The molecule has 0 aromatic carbocycles. The van der Waals surface area contributed by atoms with Crippen LogP contribution >= 0.6 is 0 Å². The van der Waals surface area contributed by atoms with Crippen molar-refractivity contribution in [2.45, 2.75) is 50.3 Å². The van der Waals surface area contributed by atoms with Crippen LogP contribution in [0.2, 0.25) is 0 Å². The highest BCUT2D eigenvalue weighted by Crippen LogP contribution is 2.19. The lowest BCUT2D eigenvalue weighted by molar-refractivity contribution is 0.0979. The first-order valence-corrected chi connectivity index (χ1v) is 8.82. The van der Waals surface area contributed by atoms with Crippen molar-refractivity contribution in [2.75, 3.05) is 20.2 Å². The molecule has 7 heteroatoms. The highest BCUT2D eigenvalue weighted by molar-refractivity contribution is 7.89. The fourth-order valence-electron chi connectivity index (χ4n) is 2.34. The van der Waals surface area contributed by atoms with E-state index in [9.17, 15) is 8.42 Å². The van der Waals surface area contributed by atoms with Crippen molar-refractivity contribution in [2.24, 2.45) is 0 Å². The molecule has 0 radical (unpaired) electrons. The van der Waals surface area contributed by atoms with E-state index in [-0.39, 0.29) is 6.10 Å². The van der Waals surface area contributed by atoms with Gasteiger partial charge in [-0.3, -0.25) is 0 Å². The quantitative estimate of drug-likeness (QED) is 0.795. The summed E-state index contributed by atoms with van der Waals surface area (Å²) in [5.41, 5.74) is 0.868. The fourth-order valence-corrected chi connectivity index (χ4v) is 3.56. The molecule has 1 fully saturated rings. The molecule has 1 atom stereocenters. The number of nitrogens with zero attached hydrogens (tertiary/aromatic N) is 1. The maximum atomic E-state index is 12.5. The van der Waals surface area contributed by atoms with Crippen LogP contribution in [0.25, 0.3) is 0 Å². The lowest BCUT2D eigenvalue weighted by atomic mass is 10.2. The van der Waals surface area contributed by atoms with Crippen LogP contribution in [0.15, 0.2) is 17.2 Å². The van der Waals surface area contributed by atoms with Gasteiger partial charge in [0.05, 0.1) is 11.0 Å². The molecule has 120 valence electrons. The lowest BCUT2D eigenvalue weighted by Gasteiger charge is -2.19. The molecule has 21 heavy (non-hydrogen) atoms. The van der Waals surface area contributed by atoms with Crippen molar-refractivity contribution in [1.82, 2.24) is 14.6 Å². The molecular formula is C14H25N3O3S. The molecule has 2 N–H and O–H groups in total. The van der Waals surface area contributed by atoms with Crippen molar-refractivity contribution in [3.05, 3.63) is 18.0 Å². The Kier molecular flexibility index (Phi) is 5.43. The van der Waals surface area contributed by atoms with Crippen molar-refractivity contribution in [3.8, 4) is 0 Å². The van der Waals surface area contributed by atoms with Crippen LogP contribution in [0.4, 0.5) is 0 Å². The predicted molar refractivity (Wildman–Crippen MR) is 81.6 cm³/mol. The van der Waals surface area contributed by atoms with Gasteiger partial charge in [0, 0.05) is 44.7 Å². The Bertz CT molecular complexity index is 548. The van der Waals surface area contributed by atoms with E-state index in [1.807, 2.05) is 0 Å². The fraction of sp³-hybridized carbons (Fsp3) is 0.714. The minimum absolute atomic E-state index is 0.0193. The summed E-state index contributed by atoms with van der Waals surface area (Å²) < 4.78 is 31.9. The first-order valence-electron chi connectivity index (χ1n) is 7.38. The maximum absolute atomic E-state index is 12.5. The van der Waals surface area contributed by atoms with Gasteiger partial charge in [-0.1, -0.05) is 13.8 Å². The van der Waals surface area contributed by atoms with Crippen LogP contribution in [0, 0.1) is 0 Å². The molecule has 2 heterocycles. The van der Waals surface area contributed by atoms with Gasteiger partial charge in [0.25, 0.3) is 0 Å². The molecule has 1 saturated heterocycles. The molecule has 1 aliphatic rings. The normalized spacial score (nSPS) is 19.8. The van der Waals surface area contributed by atoms with Crippen molar-refractivity contribution >= 4 is 10.0 Å².